The Morgan fingerprint density at radius 1 is 1.37 bits per heavy atom. The molecule has 6 heteroatoms. The maximum atomic E-state index is 12.0. The Morgan fingerprint density at radius 3 is 3.00 bits per heavy atom. The zero-order chi connectivity index (χ0) is 13.2. The van der Waals surface area contributed by atoms with E-state index in [1.54, 1.807) is 6.07 Å². The van der Waals surface area contributed by atoms with E-state index in [-0.39, 0.29) is 11.1 Å². The average Bonchev–Trinajstić information content (AvgIpc) is 2.81. The van der Waals surface area contributed by atoms with Crippen LogP contribution in [0.4, 0.5) is 5.13 Å². The molecule has 0 bridgehead atoms. The van der Waals surface area contributed by atoms with Crippen LogP contribution >= 0.6 is 11.3 Å². The molecule has 0 unspecified atom stereocenters. The molecule has 19 heavy (non-hydrogen) atoms. The second-order valence-corrected chi connectivity index (χ2v) is 5.55. The highest BCUT2D eigenvalue weighted by Gasteiger charge is 2.17. The molecule has 1 aliphatic rings. The molecule has 1 aliphatic carbocycles. The topological polar surface area (TPSA) is 74.8 Å². The molecule has 0 aliphatic heterocycles. The van der Waals surface area contributed by atoms with Crippen molar-refractivity contribution in [2.24, 2.45) is 0 Å². The molecule has 5 nitrogen and oxygen atoms in total. The summed E-state index contributed by atoms with van der Waals surface area (Å²) in [6.45, 7) is 0. The van der Waals surface area contributed by atoms with Crippen molar-refractivity contribution in [3.63, 3.8) is 0 Å². The molecular formula is C13H13N3O2S. The predicted molar refractivity (Wildman–Crippen MR) is 73.8 cm³/mol. The van der Waals surface area contributed by atoms with E-state index in [1.165, 1.54) is 34.9 Å². The summed E-state index contributed by atoms with van der Waals surface area (Å²) in [5.74, 6) is -0.409. The number of rotatable bonds is 2. The number of nitrogens with zero attached hydrogens (tertiary/aromatic N) is 1. The minimum Gasteiger partial charge on any atom is -0.328 e. The summed E-state index contributed by atoms with van der Waals surface area (Å²) in [4.78, 5) is 31.7. The van der Waals surface area contributed by atoms with Gasteiger partial charge in [-0.2, -0.15) is 0 Å². The van der Waals surface area contributed by atoms with Gasteiger partial charge in [-0.05, 0) is 37.8 Å². The van der Waals surface area contributed by atoms with Gasteiger partial charge in [0.1, 0.15) is 5.56 Å². The van der Waals surface area contributed by atoms with E-state index in [0.717, 1.165) is 25.0 Å². The molecule has 2 heterocycles. The van der Waals surface area contributed by atoms with E-state index in [2.05, 4.69) is 15.3 Å². The molecule has 0 atom stereocenters. The fourth-order valence-corrected chi connectivity index (χ4v) is 3.22. The smallest absolute Gasteiger partial charge is 0.263 e. The second-order valence-electron chi connectivity index (χ2n) is 4.46. The number of hydrogen-bond donors (Lipinski definition) is 2. The lowest BCUT2D eigenvalue weighted by atomic mass is 10.0. The maximum Gasteiger partial charge on any atom is 0.263 e. The Hall–Kier alpha value is -1.95. The molecule has 3 rings (SSSR count). The third kappa shape index (κ3) is 2.44. The third-order valence-corrected chi connectivity index (χ3v) is 4.20. The molecule has 2 aromatic rings. The highest BCUT2D eigenvalue weighted by atomic mass is 32.1. The van der Waals surface area contributed by atoms with Crippen molar-refractivity contribution >= 4 is 22.4 Å². The van der Waals surface area contributed by atoms with Gasteiger partial charge >= 0.3 is 0 Å². The largest absolute Gasteiger partial charge is 0.328 e. The van der Waals surface area contributed by atoms with Gasteiger partial charge in [-0.3, -0.25) is 14.9 Å². The van der Waals surface area contributed by atoms with Crippen molar-refractivity contribution in [2.75, 3.05) is 5.32 Å². The van der Waals surface area contributed by atoms with Gasteiger partial charge in [0.05, 0.1) is 5.69 Å². The molecule has 0 saturated carbocycles. The summed E-state index contributed by atoms with van der Waals surface area (Å²) in [5.41, 5.74) is 0.811. The van der Waals surface area contributed by atoms with Crippen molar-refractivity contribution in [1.29, 1.82) is 0 Å². The van der Waals surface area contributed by atoms with Gasteiger partial charge in [0.25, 0.3) is 11.5 Å². The maximum absolute atomic E-state index is 12.0. The Bertz CT molecular complexity index is 651. The highest BCUT2D eigenvalue weighted by molar-refractivity contribution is 7.15. The molecule has 2 aromatic heterocycles. The molecule has 1 amide bonds. The van der Waals surface area contributed by atoms with Gasteiger partial charge in [-0.15, -0.1) is 11.3 Å². The van der Waals surface area contributed by atoms with Crippen LogP contribution in [0.1, 0.15) is 33.8 Å². The van der Waals surface area contributed by atoms with Crippen molar-refractivity contribution in [3.8, 4) is 0 Å². The third-order valence-electron chi connectivity index (χ3n) is 3.13. The van der Waals surface area contributed by atoms with E-state index in [9.17, 15) is 9.59 Å². The molecule has 0 radical (unpaired) electrons. The minimum absolute atomic E-state index is 0.107. The monoisotopic (exact) mass is 275 g/mol. The van der Waals surface area contributed by atoms with Crippen molar-refractivity contribution in [1.82, 2.24) is 9.97 Å². The summed E-state index contributed by atoms with van der Waals surface area (Å²) < 4.78 is 0. The number of aryl methyl sites for hydroxylation is 2. The first kappa shape index (κ1) is 12.1. The van der Waals surface area contributed by atoms with Gasteiger partial charge in [-0.1, -0.05) is 0 Å². The Kier molecular flexibility index (Phi) is 3.16. The van der Waals surface area contributed by atoms with Gasteiger partial charge in [-0.25, -0.2) is 4.98 Å². The Labute approximate surface area is 113 Å². The lowest BCUT2D eigenvalue weighted by Crippen LogP contribution is -2.22. The second kappa shape index (κ2) is 4.97. The van der Waals surface area contributed by atoms with Crippen molar-refractivity contribution < 1.29 is 4.79 Å². The first-order valence-electron chi connectivity index (χ1n) is 6.21. The summed E-state index contributed by atoms with van der Waals surface area (Å²) in [6.07, 6.45) is 5.85. The number of H-pyrrole nitrogens is 1. The number of amides is 1. The van der Waals surface area contributed by atoms with E-state index in [1.807, 2.05) is 0 Å². The fourth-order valence-electron chi connectivity index (χ4n) is 2.17. The van der Waals surface area contributed by atoms with Gasteiger partial charge in [0.2, 0.25) is 0 Å². The van der Waals surface area contributed by atoms with Crippen LogP contribution in [0.15, 0.2) is 23.1 Å². The Morgan fingerprint density at radius 2 is 2.21 bits per heavy atom. The van der Waals surface area contributed by atoms with Gasteiger partial charge in [0.15, 0.2) is 5.13 Å². The van der Waals surface area contributed by atoms with Crippen LogP contribution in [-0.2, 0) is 12.8 Å². The zero-order valence-corrected chi connectivity index (χ0v) is 11.0. The van der Waals surface area contributed by atoms with Gasteiger partial charge < -0.3 is 4.98 Å². The molecule has 2 N–H and O–H groups in total. The first-order valence-corrected chi connectivity index (χ1v) is 7.03. The Balaban J connectivity index is 1.82. The number of nitrogens with one attached hydrogen (secondary N) is 2. The van der Waals surface area contributed by atoms with E-state index >= 15 is 0 Å². The molecule has 0 saturated heterocycles. The number of hydrogen-bond acceptors (Lipinski definition) is 4. The van der Waals surface area contributed by atoms with Crippen LogP contribution in [-0.4, -0.2) is 15.9 Å². The van der Waals surface area contributed by atoms with Crippen molar-refractivity contribution in [3.05, 3.63) is 44.8 Å². The fraction of sp³-hybridized carbons (Fsp3) is 0.308. The van der Waals surface area contributed by atoms with Crippen LogP contribution in [0.25, 0.3) is 0 Å². The molecular weight excluding hydrogens is 262 g/mol. The number of pyridine rings is 1. The van der Waals surface area contributed by atoms with Crippen LogP contribution in [0, 0.1) is 0 Å². The van der Waals surface area contributed by atoms with Crippen molar-refractivity contribution in [2.45, 2.75) is 25.7 Å². The number of fused-ring (bicyclic) bond motifs is 1. The van der Waals surface area contributed by atoms with E-state index < -0.39 is 5.91 Å². The molecule has 0 fully saturated rings. The lowest BCUT2D eigenvalue weighted by molar-refractivity contribution is 0.102. The standard InChI is InChI=1S/C13H13N3O2S/c17-11-8(4-3-7-14-11)12(18)16-13-15-9-5-1-2-6-10(9)19-13/h3-4,7H,1-2,5-6H2,(H,14,17)(H,15,16,18). The van der Waals surface area contributed by atoms with Crippen LogP contribution in [0.3, 0.4) is 0 Å². The predicted octanol–water partition coefficient (Wildman–Crippen LogP) is 1.96. The van der Waals surface area contributed by atoms with Crippen LogP contribution in [0.2, 0.25) is 0 Å². The van der Waals surface area contributed by atoms with Crippen LogP contribution in [0.5, 0.6) is 0 Å². The van der Waals surface area contributed by atoms with Crippen LogP contribution < -0.4 is 10.9 Å². The summed E-state index contributed by atoms with van der Waals surface area (Å²) >= 11 is 1.51. The molecule has 0 spiro atoms. The summed E-state index contributed by atoms with van der Waals surface area (Å²) in [7, 11) is 0. The quantitative estimate of drug-likeness (QED) is 0.879. The van der Waals surface area contributed by atoms with E-state index in [4.69, 9.17) is 0 Å². The van der Waals surface area contributed by atoms with E-state index in [0.29, 0.717) is 5.13 Å². The summed E-state index contributed by atoms with van der Waals surface area (Å²) in [6, 6.07) is 3.13. The number of aromatic nitrogens is 2. The summed E-state index contributed by atoms with van der Waals surface area (Å²) in [5, 5.41) is 3.29. The molecule has 98 valence electrons. The number of carbonyl (C=O) groups is 1. The highest BCUT2D eigenvalue weighted by Crippen LogP contribution is 2.29. The normalized spacial score (nSPS) is 13.9. The number of aromatic amines is 1. The number of thiazole rings is 1. The lowest BCUT2D eigenvalue weighted by Gasteiger charge is -2.06. The zero-order valence-electron chi connectivity index (χ0n) is 10.2. The first-order chi connectivity index (χ1) is 9.24. The number of anilines is 1. The average molecular weight is 275 g/mol. The SMILES string of the molecule is O=C(Nc1nc2c(s1)CCCC2)c1ccc[nH]c1=O. The minimum atomic E-state index is -0.409. The van der Waals surface area contributed by atoms with Gasteiger partial charge in [0, 0.05) is 11.1 Å². The number of carbonyl (C=O) groups excluding carboxylic acids is 1. The molecule has 0 aromatic carbocycles.